The van der Waals surface area contributed by atoms with Crippen molar-refractivity contribution in [1.82, 2.24) is 4.90 Å². The van der Waals surface area contributed by atoms with Gasteiger partial charge in [0.25, 0.3) is 11.8 Å². The third kappa shape index (κ3) is 2.88. The van der Waals surface area contributed by atoms with Crippen molar-refractivity contribution < 1.29 is 14.7 Å². The zero-order chi connectivity index (χ0) is 15.7. The van der Waals surface area contributed by atoms with Crippen molar-refractivity contribution in [2.75, 3.05) is 13.1 Å². The molecule has 0 bridgehead atoms. The molecule has 0 saturated carbocycles. The average molecular weight is 316 g/mol. The van der Waals surface area contributed by atoms with E-state index in [4.69, 9.17) is 5.73 Å². The third-order valence-corrected chi connectivity index (χ3v) is 4.84. The highest BCUT2D eigenvalue weighted by atomic mass is 32.1. The SMILES string of the molecule is NC(=O)c1ccc(-c2cccc(C(=O)N3CC[C@@H](O)C3)c2)s1. The fourth-order valence-electron chi connectivity index (χ4n) is 2.54. The van der Waals surface area contributed by atoms with Crippen molar-refractivity contribution in [3.8, 4) is 10.4 Å². The van der Waals surface area contributed by atoms with Gasteiger partial charge in [-0.1, -0.05) is 12.1 Å². The first-order chi connectivity index (χ1) is 10.5. The van der Waals surface area contributed by atoms with Crippen molar-refractivity contribution in [3.63, 3.8) is 0 Å². The lowest BCUT2D eigenvalue weighted by Crippen LogP contribution is -2.29. The molecule has 3 rings (SSSR count). The molecule has 0 spiro atoms. The molecule has 1 aliphatic heterocycles. The van der Waals surface area contributed by atoms with E-state index >= 15 is 0 Å². The van der Waals surface area contributed by atoms with Crippen molar-refractivity contribution in [3.05, 3.63) is 46.8 Å². The van der Waals surface area contributed by atoms with Gasteiger partial charge in [0.15, 0.2) is 0 Å². The fraction of sp³-hybridized carbons (Fsp3) is 0.250. The number of aliphatic hydroxyl groups is 1. The van der Waals surface area contributed by atoms with Gasteiger partial charge in [0.05, 0.1) is 11.0 Å². The number of nitrogens with two attached hydrogens (primary N) is 1. The summed E-state index contributed by atoms with van der Waals surface area (Å²) < 4.78 is 0. The van der Waals surface area contributed by atoms with Crippen molar-refractivity contribution in [2.24, 2.45) is 5.73 Å². The number of benzene rings is 1. The fourth-order valence-corrected chi connectivity index (χ4v) is 3.39. The Labute approximate surface area is 132 Å². The Morgan fingerprint density at radius 2 is 2.09 bits per heavy atom. The van der Waals surface area contributed by atoms with Crippen LogP contribution in [0, 0.1) is 0 Å². The summed E-state index contributed by atoms with van der Waals surface area (Å²) in [5.41, 5.74) is 6.73. The Morgan fingerprint density at radius 1 is 1.27 bits per heavy atom. The van der Waals surface area contributed by atoms with Crippen LogP contribution in [0.4, 0.5) is 0 Å². The van der Waals surface area contributed by atoms with Crippen LogP contribution < -0.4 is 5.73 Å². The molecule has 114 valence electrons. The van der Waals surface area contributed by atoms with Gasteiger partial charge in [0.1, 0.15) is 0 Å². The van der Waals surface area contributed by atoms with Gasteiger partial charge in [0.2, 0.25) is 0 Å². The normalized spacial score (nSPS) is 17.7. The first-order valence-corrected chi connectivity index (χ1v) is 7.83. The predicted octanol–water partition coefficient (Wildman–Crippen LogP) is 1.72. The second kappa shape index (κ2) is 5.90. The molecular formula is C16H16N2O3S. The third-order valence-electron chi connectivity index (χ3n) is 3.69. The van der Waals surface area contributed by atoms with E-state index in [-0.39, 0.29) is 5.91 Å². The van der Waals surface area contributed by atoms with Crippen LogP contribution in [0.25, 0.3) is 10.4 Å². The summed E-state index contributed by atoms with van der Waals surface area (Å²) in [4.78, 5) is 26.7. The van der Waals surface area contributed by atoms with E-state index in [9.17, 15) is 14.7 Å². The van der Waals surface area contributed by atoms with Crippen LogP contribution in [0.2, 0.25) is 0 Å². The summed E-state index contributed by atoms with van der Waals surface area (Å²) >= 11 is 1.31. The smallest absolute Gasteiger partial charge is 0.258 e. The van der Waals surface area contributed by atoms with Crippen molar-refractivity contribution in [1.29, 1.82) is 0 Å². The zero-order valence-corrected chi connectivity index (χ0v) is 12.7. The Kier molecular flexibility index (Phi) is 3.96. The van der Waals surface area contributed by atoms with Gasteiger partial charge in [-0.25, -0.2) is 0 Å². The molecule has 0 unspecified atom stereocenters. The summed E-state index contributed by atoms with van der Waals surface area (Å²) in [6.07, 6.45) is 0.195. The zero-order valence-electron chi connectivity index (χ0n) is 11.9. The molecule has 2 heterocycles. The first kappa shape index (κ1) is 14.7. The molecule has 0 radical (unpaired) electrons. The number of nitrogens with zero attached hydrogens (tertiary/aromatic N) is 1. The monoisotopic (exact) mass is 316 g/mol. The molecule has 1 aromatic carbocycles. The number of likely N-dealkylation sites (tertiary alicyclic amines) is 1. The lowest BCUT2D eigenvalue weighted by molar-refractivity contribution is 0.0765. The second-order valence-corrected chi connectivity index (χ2v) is 6.39. The van der Waals surface area contributed by atoms with Gasteiger partial charge >= 0.3 is 0 Å². The molecule has 2 aromatic rings. The number of hydrogen-bond donors (Lipinski definition) is 2. The predicted molar refractivity (Wildman–Crippen MR) is 84.8 cm³/mol. The molecule has 1 atom stereocenters. The Balaban J connectivity index is 1.85. The molecule has 3 N–H and O–H groups in total. The van der Waals surface area contributed by atoms with Crippen LogP contribution in [-0.2, 0) is 0 Å². The van der Waals surface area contributed by atoms with Gasteiger partial charge in [-0.2, -0.15) is 0 Å². The quantitative estimate of drug-likeness (QED) is 0.904. The number of primary amides is 1. The highest BCUT2D eigenvalue weighted by Crippen LogP contribution is 2.29. The van der Waals surface area contributed by atoms with Gasteiger partial charge < -0.3 is 15.7 Å². The number of hydrogen-bond acceptors (Lipinski definition) is 4. The topological polar surface area (TPSA) is 83.6 Å². The minimum atomic E-state index is -0.450. The average Bonchev–Trinajstić information content (AvgIpc) is 3.15. The summed E-state index contributed by atoms with van der Waals surface area (Å²) in [6.45, 7) is 0.961. The molecular weight excluding hydrogens is 300 g/mol. The highest BCUT2D eigenvalue weighted by molar-refractivity contribution is 7.17. The number of carbonyl (C=O) groups is 2. The summed E-state index contributed by atoms with van der Waals surface area (Å²) in [6, 6.07) is 10.8. The number of amides is 2. The van der Waals surface area contributed by atoms with Crippen molar-refractivity contribution >= 4 is 23.2 Å². The molecule has 6 heteroatoms. The largest absolute Gasteiger partial charge is 0.391 e. The minimum Gasteiger partial charge on any atom is -0.391 e. The number of carbonyl (C=O) groups excluding carboxylic acids is 2. The standard InChI is InChI=1S/C16H16N2O3S/c17-15(20)14-5-4-13(22-14)10-2-1-3-11(8-10)16(21)18-7-6-12(19)9-18/h1-5,8,12,19H,6-7,9H2,(H2,17,20)/t12-/m1/s1. The van der Waals surface area contributed by atoms with Crippen LogP contribution in [0.5, 0.6) is 0 Å². The van der Waals surface area contributed by atoms with E-state index in [1.165, 1.54) is 11.3 Å². The maximum absolute atomic E-state index is 12.4. The molecule has 1 saturated heterocycles. The maximum atomic E-state index is 12.4. The van der Waals surface area contributed by atoms with Crippen LogP contribution in [0.15, 0.2) is 36.4 Å². The van der Waals surface area contributed by atoms with E-state index in [0.29, 0.717) is 30.0 Å². The molecule has 1 aromatic heterocycles. The first-order valence-electron chi connectivity index (χ1n) is 7.02. The molecule has 2 amide bonds. The van der Waals surface area contributed by atoms with E-state index in [1.54, 1.807) is 17.0 Å². The number of rotatable bonds is 3. The van der Waals surface area contributed by atoms with Gasteiger partial charge in [0, 0.05) is 23.5 Å². The summed E-state index contributed by atoms with van der Waals surface area (Å²) in [7, 11) is 0. The van der Waals surface area contributed by atoms with E-state index in [0.717, 1.165) is 10.4 Å². The van der Waals surface area contributed by atoms with Crippen molar-refractivity contribution in [2.45, 2.75) is 12.5 Å². The number of aliphatic hydroxyl groups excluding tert-OH is 1. The summed E-state index contributed by atoms with van der Waals surface area (Å²) in [5.74, 6) is -0.528. The number of β-amino-alcohol motifs (C(OH)–C–C–N with tert-alkyl or cyclic N) is 1. The van der Waals surface area contributed by atoms with E-state index < -0.39 is 12.0 Å². The van der Waals surface area contributed by atoms with E-state index in [2.05, 4.69) is 0 Å². The molecule has 0 aliphatic carbocycles. The molecule has 22 heavy (non-hydrogen) atoms. The number of thiophene rings is 1. The van der Waals surface area contributed by atoms with Crippen LogP contribution in [0.3, 0.4) is 0 Å². The van der Waals surface area contributed by atoms with Gasteiger partial charge in [-0.3, -0.25) is 9.59 Å². The molecule has 1 fully saturated rings. The van der Waals surface area contributed by atoms with Crippen LogP contribution in [0.1, 0.15) is 26.5 Å². The lowest BCUT2D eigenvalue weighted by atomic mass is 10.1. The Bertz CT molecular complexity index is 726. The minimum absolute atomic E-state index is 0.0786. The van der Waals surface area contributed by atoms with Gasteiger partial charge in [-0.15, -0.1) is 11.3 Å². The summed E-state index contributed by atoms with van der Waals surface area (Å²) in [5, 5.41) is 9.55. The van der Waals surface area contributed by atoms with E-state index in [1.807, 2.05) is 24.3 Å². The second-order valence-electron chi connectivity index (χ2n) is 5.30. The van der Waals surface area contributed by atoms with Crippen LogP contribution >= 0.6 is 11.3 Å². The lowest BCUT2D eigenvalue weighted by Gasteiger charge is -2.15. The molecule has 5 nitrogen and oxygen atoms in total. The Hall–Kier alpha value is -2.18. The highest BCUT2D eigenvalue weighted by Gasteiger charge is 2.25. The Morgan fingerprint density at radius 3 is 2.73 bits per heavy atom. The maximum Gasteiger partial charge on any atom is 0.258 e. The van der Waals surface area contributed by atoms with Gasteiger partial charge in [-0.05, 0) is 36.2 Å². The molecule has 1 aliphatic rings. The van der Waals surface area contributed by atoms with Crippen LogP contribution in [-0.4, -0.2) is 41.0 Å².